The molecule has 0 saturated carbocycles. The smallest absolute Gasteiger partial charge is 0.343 e. The van der Waals surface area contributed by atoms with Crippen molar-refractivity contribution in [1.82, 2.24) is 0 Å². The summed E-state index contributed by atoms with van der Waals surface area (Å²) in [7, 11) is 0. The fraction of sp³-hybridized carbons (Fsp3) is 0.286. The van der Waals surface area contributed by atoms with E-state index in [0.29, 0.717) is 49.1 Å². The molecule has 0 aromatic heterocycles. The van der Waals surface area contributed by atoms with Crippen molar-refractivity contribution in [3.8, 4) is 17.2 Å². The zero-order valence-corrected chi connectivity index (χ0v) is 34.2. The van der Waals surface area contributed by atoms with Gasteiger partial charge in [-0.15, -0.1) is 0 Å². The highest BCUT2D eigenvalue weighted by Crippen LogP contribution is 2.22. The number of benzene rings is 4. The fourth-order valence-corrected chi connectivity index (χ4v) is 5.59. The summed E-state index contributed by atoms with van der Waals surface area (Å²) in [6.07, 6.45) is 11.3. The van der Waals surface area contributed by atoms with Crippen LogP contribution in [0.15, 0.2) is 135 Å². The topological polar surface area (TPSA) is 150 Å². The van der Waals surface area contributed by atoms with Crippen LogP contribution < -0.4 is 14.2 Å². The molecule has 0 aliphatic carbocycles. The summed E-state index contributed by atoms with van der Waals surface area (Å²) in [5.41, 5.74) is 1.95. The lowest BCUT2D eigenvalue weighted by Crippen LogP contribution is -2.18. The molecule has 61 heavy (non-hydrogen) atoms. The first-order valence-corrected chi connectivity index (χ1v) is 20.2. The molecule has 0 aliphatic rings. The van der Waals surface area contributed by atoms with Crippen LogP contribution in [0.25, 0.3) is 6.08 Å². The van der Waals surface area contributed by atoms with Gasteiger partial charge >= 0.3 is 29.8 Å². The number of ether oxygens (including phenoxy) is 7. The van der Waals surface area contributed by atoms with E-state index in [0.717, 1.165) is 69.1 Å². The van der Waals surface area contributed by atoms with E-state index in [9.17, 15) is 24.0 Å². The molecule has 0 fully saturated rings. The molecule has 4 aromatic carbocycles. The minimum absolute atomic E-state index is 0.214. The van der Waals surface area contributed by atoms with Crippen LogP contribution in [0.3, 0.4) is 0 Å². The summed E-state index contributed by atoms with van der Waals surface area (Å²) in [4.78, 5) is 60.8. The maximum absolute atomic E-state index is 13.0. The molecule has 12 heteroatoms. The zero-order valence-electron chi connectivity index (χ0n) is 34.2. The van der Waals surface area contributed by atoms with Gasteiger partial charge in [0, 0.05) is 18.2 Å². The molecule has 1 atom stereocenters. The summed E-state index contributed by atoms with van der Waals surface area (Å²) >= 11 is 0. The van der Waals surface area contributed by atoms with Gasteiger partial charge in [-0.1, -0.05) is 55.6 Å². The minimum Gasteiger partial charge on any atom is -0.494 e. The van der Waals surface area contributed by atoms with Crippen LogP contribution in [-0.2, 0) is 33.3 Å². The standard InChI is InChI=1S/C49H52O12/c1-3-45(50)57-34-14-7-5-12-32-55-41-25-18-37(19-26-41)20-31-47(52)61-44(38-16-10-9-11-17-38)36-59-48(53)39-23-29-43(30-24-39)60-49(54)40-21-27-42(28-22-40)56-33-13-6-8-15-35-58-46(51)4-2/h3-4,9-11,16-31,44H,1-2,5-8,12-15,32-36H2/b31-20+/t44-/m0/s1. The van der Waals surface area contributed by atoms with Crippen molar-refractivity contribution in [3.63, 3.8) is 0 Å². The molecule has 0 radical (unpaired) electrons. The highest BCUT2D eigenvalue weighted by molar-refractivity contribution is 5.92. The van der Waals surface area contributed by atoms with Crippen molar-refractivity contribution in [3.05, 3.63) is 157 Å². The van der Waals surface area contributed by atoms with Crippen molar-refractivity contribution in [1.29, 1.82) is 0 Å². The second kappa shape index (κ2) is 26.9. The molecule has 0 spiro atoms. The van der Waals surface area contributed by atoms with Crippen molar-refractivity contribution < 1.29 is 57.1 Å². The van der Waals surface area contributed by atoms with Gasteiger partial charge in [0.25, 0.3) is 0 Å². The molecular formula is C49H52O12. The Morgan fingerprint density at radius 1 is 0.492 bits per heavy atom. The fourth-order valence-electron chi connectivity index (χ4n) is 5.59. The number of carbonyl (C=O) groups is 5. The van der Waals surface area contributed by atoms with Crippen molar-refractivity contribution >= 4 is 35.9 Å². The van der Waals surface area contributed by atoms with Gasteiger partial charge < -0.3 is 33.2 Å². The third-order valence-electron chi connectivity index (χ3n) is 8.91. The largest absolute Gasteiger partial charge is 0.494 e. The number of esters is 5. The first kappa shape index (κ1) is 46.7. The summed E-state index contributed by atoms with van der Waals surface area (Å²) in [6, 6.07) is 28.8. The van der Waals surface area contributed by atoms with Crippen LogP contribution in [0.2, 0.25) is 0 Å². The van der Waals surface area contributed by atoms with Gasteiger partial charge in [-0.05, 0) is 129 Å². The molecular weight excluding hydrogens is 781 g/mol. The molecule has 0 bridgehead atoms. The van der Waals surface area contributed by atoms with Crippen LogP contribution in [0.5, 0.6) is 17.2 Å². The minimum atomic E-state index is -0.871. The van der Waals surface area contributed by atoms with Crippen LogP contribution in [0.4, 0.5) is 0 Å². The van der Waals surface area contributed by atoms with E-state index in [1.54, 1.807) is 54.6 Å². The SMILES string of the molecule is C=CC(=O)OCCCCCCOc1ccc(/C=C/C(=O)O[C@@H](COC(=O)c2ccc(OC(=O)c3ccc(OCCCCCCOC(=O)C=C)cc3)cc2)c2ccccc2)cc1. The Bertz CT molecular complexity index is 2020. The van der Waals surface area contributed by atoms with Gasteiger partial charge in [0.05, 0.1) is 37.6 Å². The second-order valence-corrected chi connectivity index (χ2v) is 13.5. The molecule has 0 amide bonds. The Morgan fingerprint density at radius 2 is 0.967 bits per heavy atom. The molecule has 320 valence electrons. The lowest BCUT2D eigenvalue weighted by molar-refractivity contribution is -0.145. The van der Waals surface area contributed by atoms with Gasteiger partial charge in [0.15, 0.2) is 6.10 Å². The lowest BCUT2D eigenvalue weighted by atomic mass is 10.1. The van der Waals surface area contributed by atoms with Crippen LogP contribution in [-0.4, -0.2) is 62.9 Å². The molecule has 0 unspecified atom stereocenters. The van der Waals surface area contributed by atoms with Crippen LogP contribution >= 0.6 is 0 Å². The third kappa shape index (κ3) is 18.2. The summed E-state index contributed by atoms with van der Waals surface area (Å²) in [6.45, 7) is 8.32. The summed E-state index contributed by atoms with van der Waals surface area (Å²) in [5.74, 6) is -1.11. The molecule has 0 N–H and O–H groups in total. The lowest BCUT2D eigenvalue weighted by Gasteiger charge is -2.17. The summed E-state index contributed by atoms with van der Waals surface area (Å²) in [5, 5.41) is 0. The number of hydrogen-bond donors (Lipinski definition) is 0. The van der Waals surface area contributed by atoms with E-state index in [2.05, 4.69) is 13.2 Å². The van der Waals surface area contributed by atoms with Crippen LogP contribution in [0.1, 0.15) is 89.3 Å². The maximum Gasteiger partial charge on any atom is 0.343 e. The molecule has 0 saturated heterocycles. The van der Waals surface area contributed by atoms with E-state index in [1.165, 1.54) is 30.3 Å². The van der Waals surface area contributed by atoms with Crippen molar-refractivity contribution in [2.24, 2.45) is 0 Å². The Balaban J connectivity index is 1.17. The summed E-state index contributed by atoms with van der Waals surface area (Å²) < 4.78 is 38.2. The van der Waals surface area contributed by atoms with Gasteiger partial charge in [0.1, 0.15) is 23.9 Å². The van der Waals surface area contributed by atoms with Crippen molar-refractivity contribution in [2.75, 3.05) is 33.0 Å². The Morgan fingerprint density at radius 3 is 1.49 bits per heavy atom. The predicted molar refractivity (Wildman–Crippen MR) is 229 cm³/mol. The van der Waals surface area contributed by atoms with E-state index < -0.39 is 36.0 Å². The van der Waals surface area contributed by atoms with E-state index in [4.69, 9.17) is 33.2 Å². The average Bonchev–Trinajstić information content (AvgIpc) is 3.29. The number of hydrogen-bond acceptors (Lipinski definition) is 12. The Hall–Kier alpha value is -6.95. The quantitative estimate of drug-likeness (QED) is 0.0185. The van der Waals surface area contributed by atoms with Gasteiger partial charge in [-0.25, -0.2) is 24.0 Å². The molecule has 4 rings (SSSR count). The maximum atomic E-state index is 13.0. The Kier molecular flexibility index (Phi) is 20.6. The normalized spacial score (nSPS) is 11.1. The molecule has 12 nitrogen and oxygen atoms in total. The van der Waals surface area contributed by atoms with E-state index >= 15 is 0 Å². The average molecular weight is 833 g/mol. The highest BCUT2D eigenvalue weighted by atomic mass is 16.6. The highest BCUT2D eigenvalue weighted by Gasteiger charge is 2.19. The predicted octanol–water partition coefficient (Wildman–Crippen LogP) is 9.40. The molecule has 0 aliphatic heterocycles. The second-order valence-electron chi connectivity index (χ2n) is 13.5. The number of carbonyl (C=O) groups excluding carboxylic acids is 5. The molecule has 0 heterocycles. The van der Waals surface area contributed by atoms with Gasteiger partial charge in [-0.2, -0.15) is 0 Å². The zero-order chi connectivity index (χ0) is 43.5. The number of rotatable bonds is 27. The van der Waals surface area contributed by atoms with E-state index in [-0.39, 0.29) is 17.9 Å². The monoisotopic (exact) mass is 832 g/mol. The van der Waals surface area contributed by atoms with E-state index in [1.807, 2.05) is 30.3 Å². The first-order valence-electron chi connectivity index (χ1n) is 20.2. The van der Waals surface area contributed by atoms with Gasteiger partial charge in [-0.3, -0.25) is 0 Å². The Labute approximate surface area is 356 Å². The van der Waals surface area contributed by atoms with Gasteiger partial charge in [0.2, 0.25) is 0 Å². The third-order valence-corrected chi connectivity index (χ3v) is 8.91. The first-order chi connectivity index (χ1) is 29.7. The van der Waals surface area contributed by atoms with Crippen LogP contribution in [0, 0.1) is 0 Å². The van der Waals surface area contributed by atoms with Crippen molar-refractivity contribution in [2.45, 2.75) is 57.5 Å². The molecule has 4 aromatic rings. The number of unbranched alkanes of at least 4 members (excludes halogenated alkanes) is 6.